The SMILES string of the molecule is [2H]C1([2H])O[C@@H]2OC([2H])([2H])[C@]([2H])(OC(=O)ON3C(=O)CCC3=O)[C@@H]2C1([2H])[2H]. The van der Waals surface area contributed by atoms with Crippen molar-refractivity contribution in [1.82, 2.24) is 5.06 Å². The van der Waals surface area contributed by atoms with Crippen LogP contribution in [0.3, 0.4) is 0 Å². The maximum absolute atomic E-state index is 11.9. The summed E-state index contributed by atoms with van der Waals surface area (Å²) in [6.45, 7) is -6.04. The Morgan fingerprint density at radius 2 is 2.11 bits per heavy atom. The lowest BCUT2D eigenvalue weighted by Crippen LogP contribution is -2.35. The molecule has 0 aliphatic carbocycles. The van der Waals surface area contributed by atoms with Crippen molar-refractivity contribution in [3.63, 3.8) is 0 Å². The van der Waals surface area contributed by atoms with Gasteiger partial charge in [-0.3, -0.25) is 14.4 Å². The van der Waals surface area contributed by atoms with Gasteiger partial charge in [0.05, 0.1) is 25.9 Å². The Bertz CT molecular complexity index is 670. The fraction of sp³-hybridized carbons (Fsp3) is 0.727. The summed E-state index contributed by atoms with van der Waals surface area (Å²) in [7, 11) is 0. The molecule has 3 heterocycles. The summed E-state index contributed by atoms with van der Waals surface area (Å²) in [5, 5.41) is 0.105. The summed E-state index contributed by atoms with van der Waals surface area (Å²) < 4.78 is 68.3. The number of fused-ring (bicyclic) bond motifs is 1. The van der Waals surface area contributed by atoms with E-state index in [0.29, 0.717) is 0 Å². The van der Waals surface area contributed by atoms with Gasteiger partial charge in [-0.15, -0.1) is 0 Å². The molecule has 0 unspecified atom stereocenters. The highest BCUT2D eigenvalue weighted by molar-refractivity contribution is 6.01. The second-order valence-electron chi connectivity index (χ2n) is 3.82. The summed E-state index contributed by atoms with van der Waals surface area (Å²) in [6.07, 6.45) is -10.2. The predicted octanol–water partition coefficient (Wildman–Crippen LogP) is -0.0350. The molecule has 8 nitrogen and oxygen atoms in total. The zero-order valence-corrected chi connectivity index (χ0v) is 9.37. The smallest absolute Gasteiger partial charge is 0.426 e. The highest BCUT2D eigenvalue weighted by atomic mass is 16.8. The number of rotatable bonds is 2. The predicted molar refractivity (Wildman–Crippen MR) is 56.2 cm³/mol. The van der Waals surface area contributed by atoms with Gasteiger partial charge in [-0.2, -0.15) is 0 Å². The van der Waals surface area contributed by atoms with Crippen molar-refractivity contribution in [3.8, 4) is 0 Å². The zero-order valence-electron chi connectivity index (χ0n) is 16.4. The normalized spacial score (nSPS) is 50.9. The van der Waals surface area contributed by atoms with Crippen molar-refractivity contribution in [1.29, 1.82) is 0 Å². The largest absolute Gasteiger partial charge is 0.534 e. The molecule has 3 rings (SSSR count). The zero-order chi connectivity index (χ0) is 19.7. The van der Waals surface area contributed by atoms with E-state index in [1.165, 1.54) is 0 Å². The molecule has 0 aromatic heterocycles. The number of hydroxylamine groups is 2. The molecule has 8 heteroatoms. The van der Waals surface area contributed by atoms with Gasteiger partial charge < -0.3 is 14.2 Å². The number of imide groups is 1. The van der Waals surface area contributed by atoms with Gasteiger partial charge in [0.25, 0.3) is 11.8 Å². The molecule has 0 N–H and O–H groups in total. The maximum Gasteiger partial charge on any atom is 0.534 e. The molecule has 0 aromatic carbocycles. The Hall–Kier alpha value is -1.67. The summed E-state index contributed by atoms with van der Waals surface area (Å²) in [4.78, 5) is 39.2. The Morgan fingerprint density at radius 3 is 2.84 bits per heavy atom. The first kappa shape index (κ1) is 6.67. The van der Waals surface area contributed by atoms with Crippen molar-refractivity contribution in [3.05, 3.63) is 0 Å². The van der Waals surface area contributed by atoms with E-state index in [9.17, 15) is 14.4 Å². The molecule has 0 spiro atoms. The van der Waals surface area contributed by atoms with Crippen molar-refractivity contribution in [2.45, 2.75) is 31.6 Å². The molecular weight excluding hydrogens is 258 g/mol. The Kier molecular flexibility index (Phi) is 1.68. The third-order valence-electron chi connectivity index (χ3n) is 2.58. The lowest BCUT2D eigenvalue weighted by molar-refractivity contribution is -0.179. The molecule has 2 amide bonds. The molecule has 3 atom stereocenters. The van der Waals surface area contributed by atoms with E-state index < -0.39 is 55.7 Å². The van der Waals surface area contributed by atoms with Crippen LogP contribution < -0.4 is 0 Å². The fourth-order valence-electron chi connectivity index (χ4n) is 1.68. The van der Waals surface area contributed by atoms with Crippen molar-refractivity contribution in [2.75, 3.05) is 13.1 Å². The van der Waals surface area contributed by atoms with Crippen LogP contribution in [0.1, 0.15) is 28.8 Å². The second kappa shape index (κ2) is 4.78. The first-order chi connectivity index (χ1) is 11.7. The maximum atomic E-state index is 11.9. The van der Waals surface area contributed by atoms with Gasteiger partial charge in [-0.05, 0) is 6.37 Å². The molecular formula is C11H13NO7. The minimum Gasteiger partial charge on any atom is -0.426 e. The summed E-state index contributed by atoms with van der Waals surface area (Å²) in [6, 6.07) is 0. The molecule has 0 radical (unpaired) electrons. The van der Waals surface area contributed by atoms with Crippen LogP contribution in [-0.4, -0.2) is 48.5 Å². The van der Waals surface area contributed by atoms with Gasteiger partial charge in [0.1, 0.15) is 6.08 Å². The number of amides is 2. The van der Waals surface area contributed by atoms with E-state index in [0.717, 1.165) is 0 Å². The Labute approximate surface area is 118 Å². The summed E-state index contributed by atoms with van der Waals surface area (Å²) in [5.74, 6) is -3.70. The molecule has 3 fully saturated rings. The number of ether oxygens (including phenoxy) is 3. The number of hydrogen-bond donors (Lipinski definition) is 0. The third kappa shape index (κ3) is 2.28. The third-order valence-corrected chi connectivity index (χ3v) is 2.58. The van der Waals surface area contributed by atoms with Crippen LogP contribution in [-0.2, 0) is 28.6 Å². The van der Waals surface area contributed by atoms with Gasteiger partial charge in [0, 0.05) is 15.6 Å². The van der Waals surface area contributed by atoms with Crippen molar-refractivity contribution >= 4 is 18.0 Å². The fourth-order valence-corrected chi connectivity index (χ4v) is 1.68. The lowest BCUT2D eigenvalue weighted by atomic mass is 10.0. The van der Waals surface area contributed by atoms with Crippen LogP contribution in [0.15, 0.2) is 0 Å². The van der Waals surface area contributed by atoms with Crippen LogP contribution in [0.4, 0.5) is 4.79 Å². The first-order valence-corrected chi connectivity index (χ1v) is 5.35. The highest BCUT2D eigenvalue weighted by Crippen LogP contribution is 2.33. The molecule has 0 saturated carbocycles. The Balaban J connectivity index is 1.85. The van der Waals surface area contributed by atoms with Crippen molar-refractivity contribution < 1.29 is 43.0 Å². The van der Waals surface area contributed by atoms with Gasteiger partial charge in [-0.1, -0.05) is 5.06 Å². The molecule has 104 valence electrons. The average molecular weight is 278 g/mol. The van der Waals surface area contributed by atoms with E-state index in [1.54, 1.807) is 0 Å². The topological polar surface area (TPSA) is 91.4 Å². The summed E-state index contributed by atoms with van der Waals surface area (Å²) >= 11 is 0. The van der Waals surface area contributed by atoms with Gasteiger partial charge >= 0.3 is 6.16 Å². The van der Waals surface area contributed by atoms with Gasteiger partial charge in [0.2, 0.25) is 0 Å². The van der Waals surface area contributed by atoms with Crippen LogP contribution >= 0.6 is 0 Å². The standard InChI is InChI=1S/C11H13NO7/c13-8-1-2-9(14)12(8)19-11(15)18-7-5-17-10-6(7)3-4-16-10/h6-7,10H,1-5H2/t6-,7-,10+/m0/s1/i3D2,4D2,5D2,7D. The lowest BCUT2D eigenvalue weighted by Gasteiger charge is -2.17. The minimum absolute atomic E-state index is 0.105. The highest BCUT2D eigenvalue weighted by Gasteiger charge is 2.44. The quantitative estimate of drug-likeness (QED) is 0.517. The molecule has 19 heavy (non-hydrogen) atoms. The van der Waals surface area contributed by atoms with E-state index >= 15 is 0 Å². The number of carbonyl (C=O) groups excluding carboxylic acids is 3. The molecule has 3 aliphatic rings. The van der Waals surface area contributed by atoms with Crippen LogP contribution in [0, 0.1) is 5.92 Å². The number of carbonyl (C=O) groups is 3. The average Bonchev–Trinajstić information content (AvgIpc) is 2.93. The van der Waals surface area contributed by atoms with Gasteiger partial charge in [-0.25, -0.2) is 4.79 Å². The van der Waals surface area contributed by atoms with Crippen molar-refractivity contribution in [2.24, 2.45) is 5.92 Å². The molecule has 3 saturated heterocycles. The monoisotopic (exact) mass is 278 g/mol. The second-order valence-corrected chi connectivity index (χ2v) is 3.82. The molecule has 0 aromatic rings. The van der Waals surface area contributed by atoms with E-state index in [1.807, 2.05) is 0 Å². The van der Waals surface area contributed by atoms with E-state index in [2.05, 4.69) is 9.57 Å². The van der Waals surface area contributed by atoms with Crippen LogP contribution in [0.25, 0.3) is 0 Å². The van der Waals surface area contributed by atoms with Gasteiger partial charge in [0.15, 0.2) is 6.29 Å². The van der Waals surface area contributed by atoms with Crippen LogP contribution in [0.2, 0.25) is 0 Å². The first-order valence-electron chi connectivity index (χ1n) is 8.85. The van der Waals surface area contributed by atoms with E-state index in [-0.39, 0.29) is 17.9 Å². The molecule has 0 bridgehead atoms. The number of hydrogen-bond acceptors (Lipinski definition) is 7. The summed E-state index contributed by atoms with van der Waals surface area (Å²) in [5.41, 5.74) is 0. The minimum atomic E-state index is -3.12. The van der Waals surface area contributed by atoms with Crippen LogP contribution in [0.5, 0.6) is 0 Å². The molecule has 3 aliphatic heterocycles. The van der Waals surface area contributed by atoms with E-state index in [4.69, 9.17) is 19.1 Å². The Morgan fingerprint density at radius 1 is 1.37 bits per heavy atom. The number of nitrogens with zero attached hydrogens (tertiary/aromatic N) is 1.